The van der Waals surface area contributed by atoms with Crippen molar-refractivity contribution >= 4 is 6.03 Å². The third-order valence-corrected chi connectivity index (χ3v) is 5.42. The molecule has 1 aromatic heterocycles. The summed E-state index contributed by atoms with van der Waals surface area (Å²) in [5, 5.41) is 9.84. The molecule has 0 saturated heterocycles. The van der Waals surface area contributed by atoms with E-state index in [1.807, 2.05) is 6.92 Å². The number of carbonyl (C=O) groups is 1. The molecule has 1 heterocycles. The second-order valence-electron chi connectivity index (χ2n) is 6.91. The van der Waals surface area contributed by atoms with E-state index in [2.05, 4.69) is 20.8 Å². The van der Waals surface area contributed by atoms with Crippen molar-refractivity contribution in [1.82, 2.24) is 20.8 Å². The maximum Gasteiger partial charge on any atom is 0.315 e. The lowest BCUT2D eigenvalue weighted by Crippen LogP contribution is -2.64. The first-order valence-electron chi connectivity index (χ1n) is 9.09. The van der Waals surface area contributed by atoms with Crippen LogP contribution in [0.3, 0.4) is 0 Å². The number of hydrogen-bond acceptors (Lipinski definition) is 5. The first-order chi connectivity index (χ1) is 11.6. The maximum absolute atomic E-state index is 12.2. The zero-order chi connectivity index (χ0) is 17.0. The van der Waals surface area contributed by atoms with Gasteiger partial charge in [0, 0.05) is 31.0 Å². The average molecular weight is 336 g/mol. The summed E-state index contributed by atoms with van der Waals surface area (Å²) in [4.78, 5) is 16.3. The minimum atomic E-state index is -0.0806. The molecule has 2 saturated carbocycles. The molecule has 1 spiro atoms. The third-order valence-electron chi connectivity index (χ3n) is 5.42. The fourth-order valence-corrected chi connectivity index (χ4v) is 4.18. The molecule has 2 aliphatic rings. The van der Waals surface area contributed by atoms with Crippen molar-refractivity contribution in [1.29, 1.82) is 0 Å². The van der Waals surface area contributed by atoms with Gasteiger partial charge in [-0.3, -0.25) is 0 Å². The molecule has 0 bridgehead atoms. The number of rotatable bonds is 7. The van der Waals surface area contributed by atoms with Crippen LogP contribution >= 0.6 is 0 Å². The molecule has 7 heteroatoms. The lowest BCUT2D eigenvalue weighted by atomic mass is 9.60. The molecule has 134 valence electrons. The Morgan fingerprint density at radius 2 is 2.21 bits per heavy atom. The van der Waals surface area contributed by atoms with E-state index in [4.69, 9.17) is 9.26 Å². The molecule has 0 aromatic carbocycles. The predicted molar refractivity (Wildman–Crippen MR) is 88.6 cm³/mol. The molecule has 2 atom stereocenters. The Morgan fingerprint density at radius 1 is 1.42 bits per heavy atom. The molecule has 2 aliphatic carbocycles. The summed E-state index contributed by atoms with van der Waals surface area (Å²) in [6.07, 6.45) is 7.53. The standard InChI is InChI=1S/C17H28N4O3/c1-3-23-14-11-13(17(14)8-4-5-9-17)20-16(22)18-10-6-7-15-19-12(2)21-24-15/h13-14H,3-11H2,1-2H3,(H2,18,20,22)/t13-,14+/m1/s1. The summed E-state index contributed by atoms with van der Waals surface area (Å²) in [5.74, 6) is 1.27. The molecule has 1 aromatic rings. The van der Waals surface area contributed by atoms with Gasteiger partial charge in [-0.25, -0.2) is 4.79 Å². The van der Waals surface area contributed by atoms with Crippen LogP contribution in [0, 0.1) is 12.3 Å². The maximum atomic E-state index is 12.2. The second-order valence-corrected chi connectivity index (χ2v) is 6.91. The monoisotopic (exact) mass is 336 g/mol. The van der Waals surface area contributed by atoms with Crippen molar-refractivity contribution in [2.45, 2.75) is 70.9 Å². The summed E-state index contributed by atoms with van der Waals surface area (Å²) >= 11 is 0. The van der Waals surface area contributed by atoms with Crippen LogP contribution in [0.1, 0.15) is 57.2 Å². The van der Waals surface area contributed by atoms with Crippen LogP contribution in [-0.2, 0) is 11.2 Å². The number of aryl methyl sites for hydroxylation is 2. The fraction of sp³-hybridized carbons (Fsp3) is 0.824. The van der Waals surface area contributed by atoms with Crippen LogP contribution in [0.25, 0.3) is 0 Å². The molecular formula is C17H28N4O3. The Kier molecular flexibility index (Phi) is 5.38. The van der Waals surface area contributed by atoms with Crippen molar-refractivity contribution in [3.8, 4) is 0 Å². The molecule has 2 amide bonds. The summed E-state index contributed by atoms with van der Waals surface area (Å²) in [6.45, 7) is 5.19. The van der Waals surface area contributed by atoms with Gasteiger partial charge < -0.3 is 19.9 Å². The first-order valence-corrected chi connectivity index (χ1v) is 9.09. The topological polar surface area (TPSA) is 89.3 Å². The predicted octanol–water partition coefficient (Wildman–Crippen LogP) is 2.35. The lowest BCUT2D eigenvalue weighted by Gasteiger charge is -2.53. The molecule has 0 radical (unpaired) electrons. The van der Waals surface area contributed by atoms with E-state index in [0.717, 1.165) is 19.4 Å². The number of amides is 2. The number of ether oxygens (including phenoxy) is 1. The van der Waals surface area contributed by atoms with Crippen LogP contribution in [0.15, 0.2) is 4.52 Å². The van der Waals surface area contributed by atoms with Crippen molar-refractivity contribution in [2.24, 2.45) is 5.41 Å². The van der Waals surface area contributed by atoms with E-state index in [0.29, 0.717) is 30.8 Å². The highest BCUT2D eigenvalue weighted by Crippen LogP contribution is 2.54. The Bertz CT molecular complexity index is 554. The van der Waals surface area contributed by atoms with Gasteiger partial charge in [-0.2, -0.15) is 4.98 Å². The van der Waals surface area contributed by atoms with Gasteiger partial charge in [-0.1, -0.05) is 18.0 Å². The number of hydrogen-bond donors (Lipinski definition) is 2. The number of urea groups is 1. The highest BCUT2D eigenvalue weighted by Gasteiger charge is 2.57. The average Bonchev–Trinajstić information content (AvgIpc) is 3.21. The van der Waals surface area contributed by atoms with Gasteiger partial charge >= 0.3 is 6.03 Å². The van der Waals surface area contributed by atoms with Crippen LogP contribution in [-0.4, -0.2) is 41.5 Å². The zero-order valence-corrected chi connectivity index (χ0v) is 14.6. The smallest absolute Gasteiger partial charge is 0.315 e. The molecule has 7 nitrogen and oxygen atoms in total. The van der Waals surface area contributed by atoms with E-state index < -0.39 is 0 Å². The van der Waals surface area contributed by atoms with E-state index in [1.165, 1.54) is 25.7 Å². The molecule has 24 heavy (non-hydrogen) atoms. The summed E-state index contributed by atoms with van der Waals surface area (Å²) in [5.41, 5.74) is 0.175. The molecule has 3 rings (SSSR count). The lowest BCUT2D eigenvalue weighted by molar-refractivity contribution is -0.126. The molecule has 2 fully saturated rings. The minimum absolute atomic E-state index is 0.0806. The Labute approximate surface area is 142 Å². The Balaban J connectivity index is 1.39. The summed E-state index contributed by atoms with van der Waals surface area (Å²) < 4.78 is 10.9. The second kappa shape index (κ2) is 7.51. The largest absolute Gasteiger partial charge is 0.378 e. The molecule has 2 N–H and O–H groups in total. The summed E-state index contributed by atoms with van der Waals surface area (Å²) in [7, 11) is 0. The van der Waals surface area contributed by atoms with E-state index >= 15 is 0 Å². The van der Waals surface area contributed by atoms with E-state index in [9.17, 15) is 4.79 Å². The van der Waals surface area contributed by atoms with Gasteiger partial charge in [0.25, 0.3) is 0 Å². The van der Waals surface area contributed by atoms with Gasteiger partial charge in [0.1, 0.15) is 0 Å². The van der Waals surface area contributed by atoms with Crippen molar-refractivity contribution in [2.75, 3.05) is 13.2 Å². The first kappa shape index (κ1) is 17.2. The number of nitrogens with one attached hydrogen (secondary N) is 2. The van der Waals surface area contributed by atoms with Crippen LogP contribution < -0.4 is 10.6 Å². The van der Waals surface area contributed by atoms with Crippen molar-refractivity contribution in [3.05, 3.63) is 11.7 Å². The van der Waals surface area contributed by atoms with Crippen LogP contribution in [0.2, 0.25) is 0 Å². The Hall–Kier alpha value is -1.63. The van der Waals surface area contributed by atoms with Crippen molar-refractivity contribution in [3.63, 3.8) is 0 Å². The molecular weight excluding hydrogens is 308 g/mol. The SMILES string of the molecule is CCO[C@H]1C[C@@H](NC(=O)NCCCc2nc(C)no2)C12CCCC2. The minimum Gasteiger partial charge on any atom is -0.378 e. The highest BCUT2D eigenvalue weighted by molar-refractivity contribution is 5.74. The molecule has 0 aliphatic heterocycles. The van der Waals surface area contributed by atoms with Crippen LogP contribution in [0.4, 0.5) is 4.79 Å². The third kappa shape index (κ3) is 3.55. The Morgan fingerprint density at radius 3 is 2.88 bits per heavy atom. The number of nitrogens with zero attached hydrogens (tertiary/aromatic N) is 2. The van der Waals surface area contributed by atoms with Gasteiger partial charge in [-0.15, -0.1) is 0 Å². The van der Waals surface area contributed by atoms with Gasteiger partial charge in [0.05, 0.1) is 6.10 Å². The quantitative estimate of drug-likeness (QED) is 0.746. The van der Waals surface area contributed by atoms with Crippen molar-refractivity contribution < 1.29 is 14.1 Å². The number of aromatic nitrogens is 2. The van der Waals surface area contributed by atoms with Crippen LogP contribution in [0.5, 0.6) is 0 Å². The summed E-state index contributed by atoms with van der Waals surface area (Å²) in [6, 6.07) is 0.165. The van der Waals surface area contributed by atoms with E-state index in [-0.39, 0.29) is 17.5 Å². The van der Waals surface area contributed by atoms with Gasteiger partial charge in [-0.05, 0) is 39.5 Å². The van der Waals surface area contributed by atoms with Gasteiger partial charge in [0.15, 0.2) is 5.82 Å². The number of carbonyl (C=O) groups excluding carboxylic acids is 1. The van der Waals surface area contributed by atoms with E-state index in [1.54, 1.807) is 6.92 Å². The fourth-order valence-electron chi connectivity index (χ4n) is 4.18. The zero-order valence-electron chi connectivity index (χ0n) is 14.6. The molecule has 0 unspecified atom stereocenters. The van der Waals surface area contributed by atoms with Gasteiger partial charge in [0.2, 0.25) is 5.89 Å². The normalized spacial score (nSPS) is 24.8. The highest BCUT2D eigenvalue weighted by atomic mass is 16.5.